The van der Waals surface area contributed by atoms with Gasteiger partial charge >= 0.3 is 5.69 Å². The van der Waals surface area contributed by atoms with E-state index in [0.29, 0.717) is 23.4 Å². The van der Waals surface area contributed by atoms with Crippen molar-refractivity contribution in [1.29, 1.82) is 0 Å². The van der Waals surface area contributed by atoms with Crippen molar-refractivity contribution < 1.29 is 0 Å². The number of hydrogen-bond acceptors (Lipinski definition) is 3. The molecule has 0 unspecified atom stereocenters. The first-order valence-corrected chi connectivity index (χ1v) is 8.95. The average Bonchev–Trinajstić information content (AvgIpc) is 3.11. The van der Waals surface area contributed by atoms with E-state index in [2.05, 4.69) is 9.97 Å². The van der Waals surface area contributed by atoms with Gasteiger partial charge in [0.25, 0.3) is 5.56 Å². The van der Waals surface area contributed by atoms with E-state index in [-0.39, 0.29) is 0 Å². The van der Waals surface area contributed by atoms with Crippen LogP contribution in [0.2, 0.25) is 0 Å². The molecule has 0 spiro atoms. The molecule has 2 aromatic carbocycles. The fourth-order valence-corrected chi connectivity index (χ4v) is 3.47. The number of fused-ring (bicyclic) bond motifs is 3. The SMILES string of the molecule is O=c1[nH]c(=O)n(Cc2ccccc2)c2nc3cc(-c4ccccc4)ccn3c12. The van der Waals surface area contributed by atoms with E-state index in [0.717, 1.165) is 16.7 Å². The van der Waals surface area contributed by atoms with Gasteiger partial charge in [0.05, 0.1) is 6.54 Å². The van der Waals surface area contributed by atoms with Crippen molar-refractivity contribution >= 4 is 16.8 Å². The molecule has 0 bridgehead atoms. The van der Waals surface area contributed by atoms with Crippen molar-refractivity contribution in [3.05, 3.63) is 105 Å². The van der Waals surface area contributed by atoms with Crippen LogP contribution in [0.15, 0.2) is 88.6 Å². The Bertz CT molecular complexity index is 1410. The second kappa shape index (κ2) is 6.35. The minimum Gasteiger partial charge on any atom is -0.294 e. The van der Waals surface area contributed by atoms with Gasteiger partial charge in [0.2, 0.25) is 0 Å². The molecule has 1 N–H and O–H groups in total. The van der Waals surface area contributed by atoms with Gasteiger partial charge in [-0.25, -0.2) is 9.78 Å². The van der Waals surface area contributed by atoms with Crippen LogP contribution in [0.4, 0.5) is 0 Å². The molecule has 0 aliphatic rings. The Morgan fingerprint density at radius 1 is 0.857 bits per heavy atom. The highest BCUT2D eigenvalue weighted by molar-refractivity contribution is 5.79. The highest BCUT2D eigenvalue weighted by Gasteiger charge is 2.15. The van der Waals surface area contributed by atoms with Crippen molar-refractivity contribution in [2.24, 2.45) is 0 Å². The normalized spacial score (nSPS) is 11.3. The summed E-state index contributed by atoms with van der Waals surface area (Å²) in [6.07, 6.45) is 1.82. The lowest BCUT2D eigenvalue weighted by atomic mass is 10.1. The van der Waals surface area contributed by atoms with E-state index in [1.54, 1.807) is 4.40 Å². The number of imidazole rings is 1. The first kappa shape index (κ1) is 16.3. The van der Waals surface area contributed by atoms with Crippen molar-refractivity contribution in [1.82, 2.24) is 18.9 Å². The Labute approximate surface area is 159 Å². The third-order valence-corrected chi connectivity index (χ3v) is 4.83. The summed E-state index contributed by atoms with van der Waals surface area (Å²) in [6.45, 7) is 0.336. The third kappa shape index (κ3) is 2.63. The lowest BCUT2D eigenvalue weighted by Gasteiger charge is -2.06. The number of nitrogens with one attached hydrogen (secondary N) is 1. The molecule has 5 rings (SSSR count). The first-order chi connectivity index (χ1) is 13.7. The topological polar surface area (TPSA) is 72.2 Å². The minimum absolute atomic E-state index is 0.336. The molecule has 6 heteroatoms. The maximum absolute atomic E-state index is 12.5. The highest BCUT2D eigenvalue weighted by atomic mass is 16.2. The van der Waals surface area contributed by atoms with Crippen LogP contribution >= 0.6 is 0 Å². The molecule has 0 aliphatic heterocycles. The number of nitrogens with zero attached hydrogens (tertiary/aromatic N) is 3. The van der Waals surface area contributed by atoms with E-state index >= 15 is 0 Å². The maximum Gasteiger partial charge on any atom is 0.330 e. The number of hydrogen-bond donors (Lipinski definition) is 1. The molecule has 3 aromatic heterocycles. The van der Waals surface area contributed by atoms with Crippen LogP contribution in [-0.2, 0) is 6.54 Å². The quantitative estimate of drug-likeness (QED) is 0.532. The van der Waals surface area contributed by atoms with Crippen molar-refractivity contribution in [3.8, 4) is 11.1 Å². The predicted octanol–water partition coefficient (Wildman–Crippen LogP) is 3.05. The number of H-pyrrole nitrogens is 1. The van der Waals surface area contributed by atoms with Crippen molar-refractivity contribution in [2.45, 2.75) is 6.54 Å². The Morgan fingerprint density at radius 2 is 1.57 bits per heavy atom. The maximum atomic E-state index is 12.5. The van der Waals surface area contributed by atoms with E-state index < -0.39 is 11.2 Å². The number of benzene rings is 2. The molecule has 0 saturated heterocycles. The largest absolute Gasteiger partial charge is 0.330 e. The monoisotopic (exact) mass is 368 g/mol. The number of aromatic nitrogens is 4. The van der Waals surface area contributed by atoms with Crippen LogP contribution in [0.25, 0.3) is 27.9 Å². The van der Waals surface area contributed by atoms with E-state index in [4.69, 9.17) is 0 Å². The van der Waals surface area contributed by atoms with Crippen LogP contribution in [-0.4, -0.2) is 18.9 Å². The Balaban J connectivity index is 1.75. The second-order valence-corrected chi connectivity index (χ2v) is 6.62. The molecule has 6 nitrogen and oxygen atoms in total. The summed E-state index contributed by atoms with van der Waals surface area (Å²) in [7, 11) is 0. The van der Waals surface area contributed by atoms with Gasteiger partial charge in [-0.3, -0.25) is 18.7 Å². The van der Waals surface area contributed by atoms with Crippen molar-refractivity contribution in [3.63, 3.8) is 0 Å². The summed E-state index contributed by atoms with van der Waals surface area (Å²) < 4.78 is 3.22. The molecule has 0 radical (unpaired) electrons. The molecule has 0 aliphatic carbocycles. The zero-order valence-corrected chi connectivity index (χ0v) is 14.9. The summed E-state index contributed by atoms with van der Waals surface area (Å²) in [5.74, 6) is 0. The fourth-order valence-electron chi connectivity index (χ4n) is 3.47. The molecular formula is C22H16N4O2. The Hall–Kier alpha value is -3.93. The number of aromatic amines is 1. The van der Waals surface area contributed by atoms with Crippen LogP contribution < -0.4 is 11.2 Å². The van der Waals surface area contributed by atoms with E-state index in [1.807, 2.05) is 79.0 Å². The molecule has 28 heavy (non-hydrogen) atoms. The molecule has 0 atom stereocenters. The first-order valence-electron chi connectivity index (χ1n) is 8.95. The summed E-state index contributed by atoms with van der Waals surface area (Å²) in [5, 5.41) is 0. The van der Waals surface area contributed by atoms with Crippen molar-refractivity contribution in [2.75, 3.05) is 0 Å². The Morgan fingerprint density at radius 3 is 2.32 bits per heavy atom. The molecule has 0 amide bonds. The van der Waals surface area contributed by atoms with Crippen LogP contribution in [0, 0.1) is 0 Å². The molecule has 0 fully saturated rings. The lowest BCUT2D eigenvalue weighted by molar-refractivity contribution is 0.748. The molecule has 136 valence electrons. The number of pyridine rings is 1. The molecule has 3 heterocycles. The van der Waals surface area contributed by atoms with Gasteiger partial charge in [0.1, 0.15) is 5.65 Å². The molecule has 5 aromatic rings. The predicted molar refractivity (Wildman–Crippen MR) is 109 cm³/mol. The fraction of sp³-hybridized carbons (Fsp3) is 0.0455. The van der Waals surface area contributed by atoms with Gasteiger partial charge < -0.3 is 0 Å². The van der Waals surface area contributed by atoms with Gasteiger partial charge in [-0.15, -0.1) is 0 Å². The molecular weight excluding hydrogens is 352 g/mol. The number of rotatable bonds is 3. The van der Waals surface area contributed by atoms with Crippen LogP contribution in [0.1, 0.15) is 5.56 Å². The summed E-state index contributed by atoms with van der Waals surface area (Å²) >= 11 is 0. The summed E-state index contributed by atoms with van der Waals surface area (Å²) in [5.41, 5.74) is 3.48. The highest BCUT2D eigenvalue weighted by Crippen LogP contribution is 2.22. The smallest absolute Gasteiger partial charge is 0.294 e. The van der Waals surface area contributed by atoms with E-state index in [9.17, 15) is 9.59 Å². The van der Waals surface area contributed by atoms with Gasteiger partial charge in [0, 0.05) is 6.20 Å². The van der Waals surface area contributed by atoms with Crippen LogP contribution in [0.3, 0.4) is 0 Å². The standard InChI is InChI=1S/C22H16N4O2/c27-21-19-20(26(22(28)24-21)14-15-7-3-1-4-8-15)23-18-13-17(11-12-25(18)19)16-9-5-2-6-10-16/h1-13H,14H2,(H,24,27,28). The van der Waals surface area contributed by atoms with Gasteiger partial charge in [-0.2, -0.15) is 0 Å². The van der Waals surface area contributed by atoms with Crippen LogP contribution in [0.5, 0.6) is 0 Å². The summed E-state index contributed by atoms with van der Waals surface area (Å²) in [6, 6.07) is 23.4. The van der Waals surface area contributed by atoms with Gasteiger partial charge in [-0.05, 0) is 28.8 Å². The van der Waals surface area contributed by atoms with Gasteiger partial charge in [0.15, 0.2) is 11.2 Å². The van der Waals surface area contributed by atoms with E-state index in [1.165, 1.54) is 4.57 Å². The average molecular weight is 368 g/mol. The summed E-state index contributed by atoms with van der Waals surface area (Å²) in [4.78, 5) is 32.0. The second-order valence-electron chi connectivity index (χ2n) is 6.62. The minimum atomic E-state index is -0.465. The lowest BCUT2D eigenvalue weighted by Crippen LogP contribution is -2.31. The van der Waals surface area contributed by atoms with Gasteiger partial charge in [-0.1, -0.05) is 60.7 Å². The zero-order chi connectivity index (χ0) is 19.1. The Kier molecular flexibility index (Phi) is 3.69. The zero-order valence-electron chi connectivity index (χ0n) is 14.9. The third-order valence-electron chi connectivity index (χ3n) is 4.83. The molecule has 0 saturated carbocycles.